The van der Waals surface area contributed by atoms with Crippen molar-refractivity contribution in [3.05, 3.63) is 36.2 Å². The van der Waals surface area contributed by atoms with Gasteiger partial charge in [-0.05, 0) is 30.9 Å². The summed E-state index contributed by atoms with van der Waals surface area (Å²) >= 11 is 0. The first-order valence-corrected chi connectivity index (χ1v) is 9.67. The molecule has 0 bridgehead atoms. The summed E-state index contributed by atoms with van der Waals surface area (Å²) in [7, 11) is 0. The van der Waals surface area contributed by atoms with Crippen molar-refractivity contribution in [1.29, 1.82) is 0 Å². The van der Waals surface area contributed by atoms with Crippen molar-refractivity contribution in [2.45, 2.75) is 44.8 Å². The van der Waals surface area contributed by atoms with E-state index in [1.807, 2.05) is 37.3 Å². The van der Waals surface area contributed by atoms with Gasteiger partial charge in [0.1, 0.15) is 12.1 Å². The maximum atomic E-state index is 12.9. The van der Waals surface area contributed by atoms with Gasteiger partial charge in [0, 0.05) is 5.56 Å². The largest absolute Gasteiger partial charge is 0.454 e. The van der Waals surface area contributed by atoms with Crippen molar-refractivity contribution in [3.63, 3.8) is 0 Å². The van der Waals surface area contributed by atoms with Crippen LogP contribution in [0.3, 0.4) is 0 Å². The number of nitrogens with one attached hydrogen (secondary N) is 1. The number of carbonyl (C=O) groups excluding carboxylic acids is 3. The van der Waals surface area contributed by atoms with Gasteiger partial charge in [-0.25, -0.2) is 4.79 Å². The number of aromatic nitrogens is 2. The summed E-state index contributed by atoms with van der Waals surface area (Å²) in [5.41, 5.74) is -0.143. The molecule has 9 heteroatoms. The number of benzene rings is 1. The Labute approximate surface area is 167 Å². The molecule has 3 amide bonds. The molecule has 2 aliphatic rings. The molecule has 4 rings (SSSR count). The third-order valence-corrected chi connectivity index (χ3v) is 5.63. The van der Waals surface area contributed by atoms with Crippen molar-refractivity contribution in [3.8, 4) is 11.5 Å². The second kappa shape index (κ2) is 7.65. The van der Waals surface area contributed by atoms with Gasteiger partial charge in [-0.3, -0.25) is 14.5 Å². The summed E-state index contributed by atoms with van der Waals surface area (Å²) in [6.07, 6.45) is 3.36. The van der Waals surface area contributed by atoms with Crippen LogP contribution in [0, 0.1) is 5.92 Å². The number of hydrogen-bond acceptors (Lipinski definition) is 7. The number of hydrogen-bond donors (Lipinski definition) is 1. The number of carbonyl (C=O) groups is 3. The highest BCUT2D eigenvalue weighted by Gasteiger charge is 2.55. The van der Waals surface area contributed by atoms with Crippen LogP contribution in [-0.4, -0.2) is 45.1 Å². The third kappa shape index (κ3) is 3.59. The Kier molecular flexibility index (Phi) is 5.04. The number of imide groups is 1. The molecule has 2 fully saturated rings. The summed E-state index contributed by atoms with van der Waals surface area (Å²) in [5.74, 6) is -0.585. The molecular formula is C20H22N4O5. The Balaban J connectivity index is 1.35. The zero-order valence-electron chi connectivity index (χ0n) is 16.1. The average molecular weight is 398 g/mol. The lowest BCUT2D eigenvalue weighted by molar-refractivity contribution is -0.150. The Hall–Kier alpha value is -3.23. The minimum absolute atomic E-state index is 0.0310. The van der Waals surface area contributed by atoms with Gasteiger partial charge in [-0.2, -0.15) is 0 Å². The SMILES string of the molecule is C[C@@H]1CCCC[C@@]12NC(=O)N(CC(=O)OCc1nnc(-c3ccccc3)o1)C2=O. The first-order valence-electron chi connectivity index (χ1n) is 9.67. The highest BCUT2D eigenvalue weighted by molar-refractivity contribution is 6.08. The average Bonchev–Trinajstić information content (AvgIpc) is 3.29. The fraction of sp³-hybridized carbons (Fsp3) is 0.450. The Morgan fingerprint density at radius 3 is 2.83 bits per heavy atom. The summed E-state index contributed by atoms with van der Waals surface area (Å²) < 4.78 is 10.6. The van der Waals surface area contributed by atoms with E-state index < -0.39 is 24.1 Å². The topological polar surface area (TPSA) is 115 Å². The van der Waals surface area contributed by atoms with E-state index in [-0.39, 0.29) is 24.3 Å². The maximum Gasteiger partial charge on any atom is 0.326 e. The minimum Gasteiger partial charge on any atom is -0.454 e. The zero-order valence-corrected chi connectivity index (χ0v) is 16.1. The summed E-state index contributed by atoms with van der Waals surface area (Å²) in [5, 5.41) is 10.6. The van der Waals surface area contributed by atoms with Gasteiger partial charge in [0.2, 0.25) is 5.89 Å². The molecule has 1 saturated carbocycles. The molecule has 1 aromatic heterocycles. The van der Waals surface area contributed by atoms with Crippen LogP contribution >= 0.6 is 0 Å². The molecule has 2 heterocycles. The van der Waals surface area contributed by atoms with Crippen molar-refractivity contribution in [2.75, 3.05) is 6.54 Å². The molecule has 1 N–H and O–H groups in total. The monoisotopic (exact) mass is 398 g/mol. The third-order valence-electron chi connectivity index (χ3n) is 5.63. The Morgan fingerprint density at radius 2 is 2.07 bits per heavy atom. The molecule has 1 aliphatic heterocycles. The first-order chi connectivity index (χ1) is 14.0. The first kappa shape index (κ1) is 19.1. The quantitative estimate of drug-likeness (QED) is 0.607. The van der Waals surface area contributed by atoms with E-state index in [0.29, 0.717) is 12.3 Å². The van der Waals surface area contributed by atoms with Gasteiger partial charge in [0.25, 0.3) is 11.8 Å². The van der Waals surface area contributed by atoms with Gasteiger partial charge in [-0.1, -0.05) is 38.0 Å². The maximum absolute atomic E-state index is 12.9. The van der Waals surface area contributed by atoms with Crippen molar-refractivity contribution >= 4 is 17.9 Å². The van der Waals surface area contributed by atoms with Crippen molar-refractivity contribution in [1.82, 2.24) is 20.4 Å². The lowest BCUT2D eigenvalue weighted by atomic mass is 9.73. The molecule has 9 nitrogen and oxygen atoms in total. The molecule has 0 radical (unpaired) electrons. The molecule has 29 heavy (non-hydrogen) atoms. The lowest BCUT2D eigenvalue weighted by Crippen LogP contribution is -2.54. The van der Waals surface area contributed by atoms with Crippen LogP contribution in [0.2, 0.25) is 0 Å². The van der Waals surface area contributed by atoms with Crippen LogP contribution in [0.4, 0.5) is 4.79 Å². The molecule has 2 atom stereocenters. The molecular weight excluding hydrogens is 376 g/mol. The van der Waals surface area contributed by atoms with Crippen LogP contribution in [0.5, 0.6) is 0 Å². The van der Waals surface area contributed by atoms with Gasteiger partial charge >= 0.3 is 12.0 Å². The van der Waals surface area contributed by atoms with E-state index in [1.165, 1.54) is 0 Å². The summed E-state index contributed by atoms with van der Waals surface area (Å²) in [6.45, 7) is 1.28. The summed E-state index contributed by atoms with van der Waals surface area (Å²) in [4.78, 5) is 38.3. The van der Waals surface area contributed by atoms with Gasteiger partial charge < -0.3 is 14.5 Å². The highest BCUT2D eigenvalue weighted by atomic mass is 16.5. The van der Waals surface area contributed by atoms with E-state index in [1.54, 1.807) is 0 Å². The molecule has 152 valence electrons. The minimum atomic E-state index is -0.896. The predicted octanol–water partition coefficient (Wildman–Crippen LogP) is 2.28. The number of nitrogens with zero attached hydrogens (tertiary/aromatic N) is 3. The Bertz CT molecular complexity index is 928. The molecule has 1 saturated heterocycles. The normalized spacial score (nSPS) is 24.0. The number of ether oxygens (including phenoxy) is 1. The second-order valence-corrected chi connectivity index (χ2v) is 7.47. The highest BCUT2D eigenvalue weighted by Crippen LogP contribution is 2.38. The van der Waals surface area contributed by atoms with Crippen LogP contribution in [0.15, 0.2) is 34.7 Å². The fourth-order valence-electron chi connectivity index (χ4n) is 3.97. The molecule has 1 aliphatic carbocycles. The lowest BCUT2D eigenvalue weighted by Gasteiger charge is -2.36. The zero-order chi connectivity index (χ0) is 20.4. The molecule has 1 spiro atoms. The van der Waals surface area contributed by atoms with Crippen LogP contribution in [0.25, 0.3) is 11.5 Å². The van der Waals surface area contributed by atoms with Crippen LogP contribution in [0.1, 0.15) is 38.5 Å². The fourth-order valence-corrected chi connectivity index (χ4v) is 3.97. The number of esters is 1. The van der Waals surface area contributed by atoms with E-state index >= 15 is 0 Å². The van der Waals surface area contributed by atoms with Crippen molar-refractivity contribution in [2.24, 2.45) is 5.92 Å². The smallest absolute Gasteiger partial charge is 0.326 e. The van der Waals surface area contributed by atoms with E-state index in [4.69, 9.17) is 9.15 Å². The Morgan fingerprint density at radius 1 is 1.28 bits per heavy atom. The van der Waals surface area contributed by atoms with E-state index in [0.717, 1.165) is 29.7 Å². The standard InChI is InChI=1S/C20H22N4O5/c1-13-7-5-6-10-20(13)18(26)24(19(27)21-20)11-16(25)28-12-15-22-23-17(29-15)14-8-3-2-4-9-14/h2-4,8-9,13H,5-7,10-12H2,1H3,(H,21,27)/t13-,20-/m1/s1. The molecule has 0 unspecified atom stereocenters. The van der Waals surface area contributed by atoms with Crippen molar-refractivity contribution < 1.29 is 23.5 Å². The van der Waals surface area contributed by atoms with E-state index in [2.05, 4.69) is 15.5 Å². The van der Waals surface area contributed by atoms with Gasteiger partial charge in [-0.15, -0.1) is 10.2 Å². The predicted molar refractivity (Wildman–Crippen MR) is 100 cm³/mol. The van der Waals surface area contributed by atoms with Gasteiger partial charge in [0.05, 0.1) is 0 Å². The number of urea groups is 1. The summed E-state index contributed by atoms with van der Waals surface area (Å²) in [6, 6.07) is 8.65. The molecule has 2 aromatic rings. The number of amides is 3. The second-order valence-electron chi connectivity index (χ2n) is 7.47. The van der Waals surface area contributed by atoms with Crippen LogP contribution < -0.4 is 5.32 Å². The number of rotatable bonds is 5. The van der Waals surface area contributed by atoms with E-state index in [9.17, 15) is 14.4 Å². The molecule has 1 aromatic carbocycles. The van der Waals surface area contributed by atoms with Gasteiger partial charge in [0.15, 0.2) is 6.61 Å². The van der Waals surface area contributed by atoms with Crippen LogP contribution in [-0.2, 0) is 20.9 Å².